The van der Waals surface area contributed by atoms with Crippen LogP contribution in [0, 0.1) is 12.8 Å². The van der Waals surface area contributed by atoms with Crippen LogP contribution >= 0.6 is 0 Å². The van der Waals surface area contributed by atoms with Gasteiger partial charge in [-0.3, -0.25) is 4.90 Å². The van der Waals surface area contributed by atoms with Gasteiger partial charge in [-0.05, 0) is 32.4 Å². The Morgan fingerprint density at radius 1 is 1.44 bits per heavy atom. The van der Waals surface area contributed by atoms with Gasteiger partial charge in [-0.1, -0.05) is 13.8 Å². The normalized spacial score (nSPS) is 22.3. The number of nitrogens with one attached hydrogen (secondary N) is 1. The first-order valence-corrected chi connectivity index (χ1v) is 7.10. The fourth-order valence-electron chi connectivity index (χ4n) is 2.56. The van der Waals surface area contributed by atoms with E-state index in [0.717, 1.165) is 25.5 Å². The number of hydrogen-bond acceptors (Lipinski definition) is 3. The summed E-state index contributed by atoms with van der Waals surface area (Å²) in [5, 5.41) is 3.65. The van der Waals surface area contributed by atoms with Crippen molar-refractivity contribution in [3.05, 3.63) is 18.2 Å². The number of aromatic nitrogens is 2. The summed E-state index contributed by atoms with van der Waals surface area (Å²) in [6.07, 6.45) is 5.22. The van der Waals surface area contributed by atoms with Crippen molar-refractivity contribution in [2.45, 2.75) is 39.8 Å². The van der Waals surface area contributed by atoms with E-state index in [0.29, 0.717) is 12.0 Å². The fourth-order valence-corrected chi connectivity index (χ4v) is 2.56. The molecule has 1 N–H and O–H groups in total. The Morgan fingerprint density at radius 3 is 2.94 bits per heavy atom. The van der Waals surface area contributed by atoms with Gasteiger partial charge < -0.3 is 9.88 Å². The van der Waals surface area contributed by atoms with Crippen molar-refractivity contribution in [3.63, 3.8) is 0 Å². The van der Waals surface area contributed by atoms with Gasteiger partial charge in [0.15, 0.2) is 0 Å². The van der Waals surface area contributed by atoms with Crippen molar-refractivity contribution in [3.8, 4) is 0 Å². The molecule has 0 spiro atoms. The number of hydrogen-bond donors (Lipinski definition) is 1. The molecule has 4 nitrogen and oxygen atoms in total. The van der Waals surface area contributed by atoms with Crippen LogP contribution in [-0.2, 0) is 6.54 Å². The molecule has 1 fully saturated rings. The van der Waals surface area contributed by atoms with Crippen LogP contribution in [0.15, 0.2) is 12.4 Å². The Kier molecular flexibility index (Phi) is 4.78. The van der Waals surface area contributed by atoms with Crippen LogP contribution in [0.5, 0.6) is 0 Å². The van der Waals surface area contributed by atoms with E-state index >= 15 is 0 Å². The Morgan fingerprint density at radius 2 is 2.28 bits per heavy atom. The summed E-state index contributed by atoms with van der Waals surface area (Å²) in [4.78, 5) is 6.86. The van der Waals surface area contributed by atoms with Gasteiger partial charge in [-0.2, -0.15) is 0 Å². The molecule has 1 aromatic heterocycles. The lowest BCUT2D eigenvalue weighted by molar-refractivity contribution is 0.237. The molecule has 1 saturated heterocycles. The second-order valence-electron chi connectivity index (χ2n) is 5.63. The maximum absolute atomic E-state index is 4.27. The Balaban J connectivity index is 1.86. The highest BCUT2D eigenvalue weighted by Crippen LogP contribution is 2.09. The molecule has 2 rings (SSSR count). The molecule has 1 atom stereocenters. The van der Waals surface area contributed by atoms with Crippen molar-refractivity contribution in [2.75, 3.05) is 26.2 Å². The minimum atomic E-state index is 0.636. The number of imidazole rings is 1. The molecule has 0 amide bonds. The highest BCUT2D eigenvalue weighted by molar-refractivity contribution is 4.89. The van der Waals surface area contributed by atoms with Gasteiger partial charge in [-0.25, -0.2) is 4.98 Å². The average Bonchev–Trinajstić information content (AvgIpc) is 2.62. The van der Waals surface area contributed by atoms with Gasteiger partial charge in [0.1, 0.15) is 5.82 Å². The molecule has 1 aliphatic heterocycles. The van der Waals surface area contributed by atoms with Gasteiger partial charge in [0, 0.05) is 38.1 Å². The van der Waals surface area contributed by atoms with E-state index in [-0.39, 0.29) is 0 Å². The summed E-state index contributed by atoms with van der Waals surface area (Å²) < 4.78 is 2.24. The lowest BCUT2D eigenvalue weighted by Gasteiger charge is -2.26. The van der Waals surface area contributed by atoms with Crippen molar-refractivity contribution in [2.24, 2.45) is 5.92 Å². The van der Waals surface area contributed by atoms with Gasteiger partial charge in [0.05, 0.1) is 0 Å². The van der Waals surface area contributed by atoms with E-state index in [2.05, 4.69) is 46.7 Å². The van der Waals surface area contributed by atoms with E-state index in [1.165, 1.54) is 19.5 Å². The SMILES string of the molecule is Cc1nccn1CCN1CCCNC(C(C)C)C1. The van der Waals surface area contributed by atoms with Crippen molar-refractivity contribution in [1.29, 1.82) is 0 Å². The zero-order valence-electron chi connectivity index (χ0n) is 11.9. The number of nitrogens with zero attached hydrogens (tertiary/aromatic N) is 3. The van der Waals surface area contributed by atoms with Crippen molar-refractivity contribution in [1.82, 2.24) is 19.8 Å². The second-order valence-corrected chi connectivity index (χ2v) is 5.63. The third-order valence-electron chi connectivity index (χ3n) is 3.90. The molecular formula is C14H26N4. The molecule has 1 aromatic rings. The standard InChI is InChI=1S/C14H26N4/c1-12(2)14-11-17(7-4-5-16-14)9-10-18-8-6-15-13(18)3/h6,8,12,14,16H,4-5,7,9-11H2,1-3H3. The fraction of sp³-hybridized carbons (Fsp3) is 0.786. The summed E-state index contributed by atoms with van der Waals surface area (Å²) in [5.74, 6) is 1.82. The predicted molar refractivity (Wildman–Crippen MR) is 74.6 cm³/mol. The molecule has 2 heterocycles. The van der Waals surface area contributed by atoms with Crippen LogP contribution in [0.1, 0.15) is 26.1 Å². The Labute approximate surface area is 110 Å². The molecule has 0 aliphatic carbocycles. The first-order chi connectivity index (χ1) is 8.66. The predicted octanol–water partition coefficient (Wildman–Crippen LogP) is 1.51. The molecule has 18 heavy (non-hydrogen) atoms. The zero-order valence-corrected chi connectivity index (χ0v) is 11.9. The minimum absolute atomic E-state index is 0.636. The van der Waals surface area contributed by atoms with Crippen molar-refractivity contribution < 1.29 is 0 Å². The zero-order chi connectivity index (χ0) is 13.0. The summed E-state index contributed by atoms with van der Waals surface area (Å²) in [6.45, 7) is 12.4. The maximum atomic E-state index is 4.27. The summed E-state index contributed by atoms with van der Waals surface area (Å²) in [5.41, 5.74) is 0. The third kappa shape index (κ3) is 3.56. The molecule has 0 aromatic carbocycles. The minimum Gasteiger partial charge on any atom is -0.334 e. The highest BCUT2D eigenvalue weighted by Gasteiger charge is 2.19. The van der Waals surface area contributed by atoms with E-state index in [9.17, 15) is 0 Å². The Hall–Kier alpha value is -0.870. The van der Waals surface area contributed by atoms with E-state index in [4.69, 9.17) is 0 Å². The van der Waals surface area contributed by atoms with Crippen molar-refractivity contribution >= 4 is 0 Å². The smallest absolute Gasteiger partial charge is 0.105 e. The highest BCUT2D eigenvalue weighted by atomic mass is 15.2. The molecule has 1 unspecified atom stereocenters. The van der Waals surface area contributed by atoms with Gasteiger partial charge >= 0.3 is 0 Å². The molecular weight excluding hydrogens is 224 g/mol. The lowest BCUT2D eigenvalue weighted by Crippen LogP contribution is -2.42. The summed E-state index contributed by atoms with van der Waals surface area (Å²) >= 11 is 0. The van der Waals surface area contributed by atoms with Crippen LogP contribution in [0.2, 0.25) is 0 Å². The van der Waals surface area contributed by atoms with E-state index in [1.54, 1.807) is 0 Å². The Bertz CT molecular complexity index is 358. The van der Waals surface area contributed by atoms with Crippen LogP contribution in [-0.4, -0.2) is 46.7 Å². The number of aryl methyl sites for hydroxylation is 1. The average molecular weight is 250 g/mol. The van der Waals surface area contributed by atoms with Crippen LogP contribution in [0.3, 0.4) is 0 Å². The number of rotatable bonds is 4. The molecule has 0 saturated carbocycles. The molecule has 0 radical (unpaired) electrons. The monoisotopic (exact) mass is 250 g/mol. The van der Waals surface area contributed by atoms with E-state index in [1.807, 2.05) is 6.20 Å². The van der Waals surface area contributed by atoms with Gasteiger partial charge in [-0.15, -0.1) is 0 Å². The van der Waals surface area contributed by atoms with E-state index < -0.39 is 0 Å². The lowest BCUT2D eigenvalue weighted by atomic mass is 10.0. The first-order valence-electron chi connectivity index (χ1n) is 7.10. The largest absolute Gasteiger partial charge is 0.334 e. The quantitative estimate of drug-likeness (QED) is 0.879. The van der Waals surface area contributed by atoms with Gasteiger partial charge in [0.25, 0.3) is 0 Å². The molecule has 4 heteroatoms. The maximum Gasteiger partial charge on any atom is 0.105 e. The topological polar surface area (TPSA) is 33.1 Å². The summed E-state index contributed by atoms with van der Waals surface area (Å²) in [7, 11) is 0. The van der Waals surface area contributed by atoms with Crippen LogP contribution < -0.4 is 5.32 Å². The first kappa shape index (κ1) is 13.6. The second kappa shape index (κ2) is 6.34. The third-order valence-corrected chi connectivity index (χ3v) is 3.90. The van der Waals surface area contributed by atoms with Crippen LogP contribution in [0.4, 0.5) is 0 Å². The summed E-state index contributed by atoms with van der Waals surface area (Å²) in [6, 6.07) is 0.636. The van der Waals surface area contributed by atoms with Gasteiger partial charge in [0.2, 0.25) is 0 Å². The molecule has 0 bridgehead atoms. The van der Waals surface area contributed by atoms with Crippen LogP contribution in [0.25, 0.3) is 0 Å². The molecule has 102 valence electrons. The molecule has 1 aliphatic rings.